The fraction of sp³-hybridized carbons (Fsp3) is 0.371. The molecule has 1 aliphatic carbocycles. The minimum absolute atomic E-state index is 0.0636. The number of amides is 3. The van der Waals surface area contributed by atoms with Crippen LogP contribution >= 0.6 is 0 Å². The molecule has 2 atom stereocenters. The van der Waals surface area contributed by atoms with Crippen LogP contribution in [0.4, 0.5) is 4.39 Å². The van der Waals surface area contributed by atoms with Crippen molar-refractivity contribution in [1.29, 1.82) is 0 Å². The molecule has 0 unspecified atom stereocenters. The molecule has 1 aromatic heterocycles. The number of allylic oxidation sites excluding steroid dienone is 1. The summed E-state index contributed by atoms with van der Waals surface area (Å²) in [6, 6.07) is 12.5. The van der Waals surface area contributed by atoms with Gasteiger partial charge in [-0.15, -0.1) is 0 Å². The zero-order valence-corrected chi connectivity index (χ0v) is 25.4. The van der Waals surface area contributed by atoms with E-state index in [4.69, 9.17) is 4.74 Å². The first-order valence-electron chi connectivity index (χ1n) is 15.6. The van der Waals surface area contributed by atoms with Gasteiger partial charge >= 0.3 is 0 Å². The average molecular weight is 612 g/mol. The SMILES string of the molecule is C[C@H](NC(=O)[C@@H]1COCCN1C(=O)CNC(=O)c1ccc2cc(F)ccc2n1)c1cc(C2=CCCNC2)ccc1/C=C/C1CC1. The van der Waals surface area contributed by atoms with Crippen molar-refractivity contribution in [2.75, 3.05) is 39.4 Å². The van der Waals surface area contributed by atoms with Crippen LogP contribution in [0.25, 0.3) is 22.6 Å². The molecule has 1 saturated heterocycles. The van der Waals surface area contributed by atoms with Crippen molar-refractivity contribution < 1.29 is 23.5 Å². The predicted molar refractivity (Wildman–Crippen MR) is 171 cm³/mol. The summed E-state index contributed by atoms with van der Waals surface area (Å²) < 4.78 is 19.1. The second-order valence-electron chi connectivity index (χ2n) is 11.9. The molecule has 3 aromatic rings. The van der Waals surface area contributed by atoms with E-state index in [0.717, 1.165) is 36.2 Å². The molecule has 0 radical (unpaired) electrons. The van der Waals surface area contributed by atoms with E-state index < -0.39 is 17.9 Å². The number of nitrogens with zero attached hydrogens (tertiary/aromatic N) is 2. The van der Waals surface area contributed by atoms with Crippen LogP contribution in [-0.4, -0.2) is 73.0 Å². The van der Waals surface area contributed by atoms with Crippen LogP contribution in [0.2, 0.25) is 0 Å². The van der Waals surface area contributed by atoms with Crippen molar-refractivity contribution in [3.05, 3.63) is 88.9 Å². The van der Waals surface area contributed by atoms with E-state index in [1.165, 1.54) is 47.6 Å². The van der Waals surface area contributed by atoms with Gasteiger partial charge in [-0.3, -0.25) is 14.4 Å². The topological polar surface area (TPSA) is 113 Å². The average Bonchev–Trinajstić information content (AvgIpc) is 3.91. The van der Waals surface area contributed by atoms with E-state index in [1.807, 2.05) is 6.92 Å². The van der Waals surface area contributed by atoms with Gasteiger partial charge in [0.25, 0.3) is 5.91 Å². The fourth-order valence-electron chi connectivity index (χ4n) is 5.77. The van der Waals surface area contributed by atoms with E-state index in [9.17, 15) is 18.8 Å². The molecular formula is C35H38FN5O4. The molecule has 3 aliphatic rings. The van der Waals surface area contributed by atoms with Gasteiger partial charge in [-0.05, 0) is 91.2 Å². The number of pyridine rings is 1. The first kappa shape index (κ1) is 30.6. The normalized spacial score (nSPS) is 19.3. The lowest BCUT2D eigenvalue weighted by Gasteiger charge is -2.35. The maximum absolute atomic E-state index is 13.6. The highest BCUT2D eigenvalue weighted by Gasteiger charge is 2.34. The summed E-state index contributed by atoms with van der Waals surface area (Å²) in [4.78, 5) is 45.4. The third-order valence-corrected chi connectivity index (χ3v) is 8.52. The number of carbonyl (C=O) groups is 3. The van der Waals surface area contributed by atoms with Crippen molar-refractivity contribution in [2.24, 2.45) is 5.92 Å². The molecule has 0 bridgehead atoms. The molecule has 6 rings (SSSR count). The summed E-state index contributed by atoms with van der Waals surface area (Å²) in [5, 5.41) is 9.74. The Kier molecular flexibility index (Phi) is 9.32. The van der Waals surface area contributed by atoms with Gasteiger partial charge in [0.15, 0.2) is 0 Å². The molecule has 10 heteroatoms. The Hall–Kier alpha value is -4.41. The summed E-state index contributed by atoms with van der Waals surface area (Å²) in [6.45, 7) is 4.02. The van der Waals surface area contributed by atoms with Gasteiger partial charge in [0, 0.05) is 18.5 Å². The second kappa shape index (κ2) is 13.7. The van der Waals surface area contributed by atoms with Gasteiger partial charge in [-0.1, -0.05) is 36.4 Å². The molecule has 3 amide bonds. The number of rotatable bonds is 9. The molecule has 3 N–H and O–H groups in total. The largest absolute Gasteiger partial charge is 0.377 e. The number of hydrogen-bond acceptors (Lipinski definition) is 6. The van der Waals surface area contributed by atoms with Crippen LogP contribution in [0.15, 0.2) is 60.7 Å². The van der Waals surface area contributed by atoms with Crippen LogP contribution in [0.1, 0.15) is 59.4 Å². The monoisotopic (exact) mass is 611 g/mol. The van der Waals surface area contributed by atoms with Gasteiger partial charge in [0.2, 0.25) is 11.8 Å². The Morgan fingerprint density at radius 2 is 2.02 bits per heavy atom. The van der Waals surface area contributed by atoms with Crippen molar-refractivity contribution >= 4 is 40.3 Å². The number of nitrogens with one attached hydrogen (secondary N) is 3. The number of hydrogen-bond donors (Lipinski definition) is 3. The molecule has 9 nitrogen and oxygen atoms in total. The number of carbonyl (C=O) groups excluding carboxylic acids is 3. The van der Waals surface area contributed by atoms with Crippen LogP contribution in [0.5, 0.6) is 0 Å². The molecule has 2 fully saturated rings. The molecule has 2 aromatic carbocycles. The standard InChI is InChI=1S/C35H38FN5O4/c1-22(29-18-25(27-3-2-14-37-19-27)9-8-24(29)7-6-23-4-5-23)39-35(44)32-21-45-16-15-41(32)33(42)20-38-34(43)31-12-10-26-17-28(36)11-13-30(26)40-31/h3,6-13,17-18,22-23,32,37H,2,4-5,14-16,19-21H2,1H3,(H,38,43)(H,39,44)/b7-6+/t22-,32-/m0/s1. The lowest BCUT2D eigenvalue weighted by Crippen LogP contribution is -2.57. The molecule has 1 saturated carbocycles. The van der Waals surface area contributed by atoms with E-state index in [2.05, 4.69) is 57.4 Å². The van der Waals surface area contributed by atoms with Crippen LogP contribution < -0.4 is 16.0 Å². The van der Waals surface area contributed by atoms with Crippen molar-refractivity contribution in [2.45, 2.75) is 38.3 Å². The minimum Gasteiger partial charge on any atom is -0.377 e. The summed E-state index contributed by atoms with van der Waals surface area (Å²) >= 11 is 0. The van der Waals surface area contributed by atoms with Crippen molar-refractivity contribution in [1.82, 2.24) is 25.8 Å². The quantitative estimate of drug-likeness (QED) is 0.337. The Bertz CT molecular complexity index is 1670. The zero-order valence-electron chi connectivity index (χ0n) is 25.4. The molecule has 234 valence electrons. The fourth-order valence-corrected chi connectivity index (χ4v) is 5.77. The Morgan fingerprint density at radius 1 is 1.16 bits per heavy atom. The highest BCUT2D eigenvalue weighted by atomic mass is 19.1. The number of ether oxygens (including phenoxy) is 1. The van der Waals surface area contributed by atoms with Crippen LogP contribution in [0.3, 0.4) is 0 Å². The first-order chi connectivity index (χ1) is 21.9. The van der Waals surface area contributed by atoms with Crippen molar-refractivity contribution in [3.8, 4) is 0 Å². The maximum atomic E-state index is 13.6. The number of morpholine rings is 1. The second-order valence-corrected chi connectivity index (χ2v) is 11.9. The number of halogens is 1. The minimum atomic E-state index is -0.835. The molecule has 45 heavy (non-hydrogen) atoms. The van der Waals surface area contributed by atoms with E-state index in [0.29, 0.717) is 23.4 Å². The smallest absolute Gasteiger partial charge is 0.270 e. The van der Waals surface area contributed by atoms with E-state index in [-0.39, 0.29) is 43.2 Å². The summed E-state index contributed by atoms with van der Waals surface area (Å²) in [5.41, 5.74) is 5.02. The van der Waals surface area contributed by atoms with E-state index >= 15 is 0 Å². The third-order valence-electron chi connectivity index (χ3n) is 8.52. The highest BCUT2D eigenvalue weighted by Crippen LogP contribution is 2.32. The third kappa shape index (κ3) is 7.46. The lowest BCUT2D eigenvalue weighted by atomic mass is 9.93. The Labute approximate surface area is 261 Å². The molecule has 2 aliphatic heterocycles. The maximum Gasteiger partial charge on any atom is 0.270 e. The number of benzene rings is 2. The van der Waals surface area contributed by atoms with Gasteiger partial charge < -0.3 is 25.6 Å². The molecule has 3 heterocycles. The van der Waals surface area contributed by atoms with Crippen LogP contribution in [0, 0.1) is 11.7 Å². The van der Waals surface area contributed by atoms with Crippen molar-refractivity contribution in [3.63, 3.8) is 0 Å². The number of aromatic nitrogens is 1. The summed E-state index contributed by atoms with van der Waals surface area (Å²) in [5.74, 6) is -1.01. The summed E-state index contributed by atoms with van der Waals surface area (Å²) in [7, 11) is 0. The van der Waals surface area contributed by atoms with E-state index in [1.54, 1.807) is 6.07 Å². The van der Waals surface area contributed by atoms with Gasteiger partial charge in [-0.25, -0.2) is 9.37 Å². The van der Waals surface area contributed by atoms with Gasteiger partial charge in [-0.2, -0.15) is 0 Å². The first-order valence-corrected chi connectivity index (χ1v) is 15.6. The van der Waals surface area contributed by atoms with Gasteiger partial charge in [0.1, 0.15) is 17.6 Å². The lowest BCUT2D eigenvalue weighted by molar-refractivity contribution is -0.148. The summed E-state index contributed by atoms with van der Waals surface area (Å²) in [6.07, 6.45) is 10.1. The number of fused-ring (bicyclic) bond motifs is 1. The predicted octanol–water partition coefficient (Wildman–Crippen LogP) is 4.01. The Morgan fingerprint density at radius 3 is 2.82 bits per heavy atom. The highest BCUT2D eigenvalue weighted by molar-refractivity contribution is 5.97. The van der Waals surface area contributed by atoms with Gasteiger partial charge in [0.05, 0.1) is 31.3 Å². The Balaban J connectivity index is 1.12. The molecular weight excluding hydrogens is 573 g/mol. The molecule has 0 spiro atoms. The zero-order chi connectivity index (χ0) is 31.3. The van der Waals surface area contributed by atoms with Crippen LogP contribution in [-0.2, 0) is 14.3 Å².